The van der Waals surface area contributed by atoms with E-state index in [1.165, 1.54) is 11.1 Å². The quantitative estimate of drug-likeness (QED) is 0.777. The van der Waals surface area contributed by atoms with E-state index >= 15 is 0 Å². The third-order valence-corrected chi connectivity index (χ3v) is 3.36. The van der Waals surface area contributed by atoms with Crippen molar-refractivity contribution in [2.24, 2.45) is 7.05 Å². The van der Waals surface area contributed by atoms with Gasteiger partial charge in [-0.05, 0) is 24.6 Å². The van der Waals surface area contributed by atoms with Crippen LogP contribution in [0, 0.1) is 6.92 Å². The molecule has 0 aliphatic carbocycles. The Hall–Kier alpha value is -2.63. The highest BCUT2D eigenvalue weighted by atomic mass is 15.3. The molecular formula is C15H18N6. The van der Waals surface area contributed by atoms with E-state index < -0.39 is 0 Å². The van der Waals surface area contributed by atoms with Crippen molar-refractivity contribution in [2.45, 2.75) is 20.0 Å². The van der Waals surface area contributed by atoms with Crippen LogP contribution >= 0.6 is 0 Å². The largest absolute Gasteiger partial charge is 0.381 e. The first-order valence-electron chi connectivity index (χ1n) is 6.85. The lowest BCUT2D eigenvalue weighted by molar-refractivity contribution is 0.685. The molecule has 0 aliphatic heterocycles. The summed E-state index contributed by atoms with van der Waals surface area (Å²) in [5.41, 5.74) is 4.57. The molecule has 6 heteroatoms. The minimum Gasteiger partial charge on any atom is -0.381 e. The number of hydrogen-bond acceptors (Lipinski definition) is 4. The van der Waals surface area contributed by atoms with Crippen LogP contribution in [-0.4, -0.2) is 24.5 Å². The van der Waals surface area contributed by atoms with Gasteiger partial charge in [0.05, 0.1) is 12.2 Å². The molecule has 0 unspecified atom stereocenters. The van der Waals surface area contributed by atoms with Crippen LogP contribution in [0.5, 0.6) is 0 Å². The highest BCUT2D eigenvalue weighted by Crippen LogP contribution is 2.13. The maximum Gasteiger partial charge on any atom is 0.137 e. The molecule has 6 nitrogen and oxygen atoms in total. The van der Waals surface area contributed by atoms with Gasteiger partial charge in [-0.1, -0.05) is 12.1 Å². The molecule has 0 spiro atoms. The number of aryl methyl sites for hydroxylation is 2. The predicted molar refractivity (Wildman–Crippen MR) is 80.8 cm³/mol. The average molecular weight is 282 g/mol. The Balaban J connectivity index is 1.60. The Kier molecular flexibility index (Phi) is 3.68. The molecule has 2 aromatic heterocycles. The highest BCUT2D eigenvalue weighted by molar-refractivity contribution is 5.45. The van der Waals surface area contributed by atoms with Crippen molar-refractivity contribution in [1.82, 2.24) is 24.5 Å². The zero-order chi connectivity index (χ0) is 14.7. The average Bonchev–Trinajstić information content (AvgIpc) is 3.08. The molecule has 0 radical (unpaired) electrons. The SMILES string of the molecule is Cc1nn(C)cc1CNc1ccc(Cn2cncn2)cc1. The number of nitrogens with one attached hydrogen (secondary N) is 1. The fourth-order valence-corrected chi connectivity index (χ4v) is 2.25. The topological polar surface area (TPSA) is 60.6 Å². The van der Waals surface area contributed by atoms with Crippen LogP contribution in [0.3, 0.4) is 0 Å². The van der Waals surface area contributed by atoms with Crippen molar-refractivity contribution in [3.63, 3.8) is 0 Å². The highest BCUT2D eigenvalue weighted by Gasteiger charge is 2.03. The molecule has 0 amide bonds. The van der Waals surface area contributed by atoms with Gasteiger partial charge >= 0.3 is 0 Å². The molecule has 0 saturated carbocycles. The molecule has 3 aromatic rings. The standard InChI is InChI=1S/C15H18N6/c1-12-14(9-20(2)19-12)7-17-15-5-3-13(4-6-15)8-21-11-16-10-18-21/h3-6,9-11,17H,7-8H2,1-2H3. The third-order valence-electron chi connectivity index (χ3n) is 3.36. The van der Waals surface area contributed by atoms with Crippen molar-refractivity contribution in [1.29, 1.82) is 0 Å². The fraction of sp³-hybridized carbons (Fsp3) is 0.267. The van der Waals surface area contributed by atoms with Crippen LogP contribution in [0.15, 0.2) is 43.1 Å². The molecule has 21 heavy (non-hydrogen) atoms. The van der Waals surface area contributed by atoms with Gasteiger partial charge in [0.15, 0.2) is 0 Å². The van der Waals surface area contributed by atoms with E-state index in [-0.39, 0.29) is 0 Å². The van der Waals surface area contributed by atoms with Crippen molar-refractivity contribution < 1.29 is 0 Å². The van der Waals surface area contributed by atoms with E-state index in [9.17, 15) is 0 Å². The molecular weight excluding hydrogens is 264 g/mol. The lowest BCUT2D eigenvalue weighted by Crippen LogP contribution is -2.02. The second-order valence-corrected chi connectivity index (χ2v) is 5.06. The normalized spacial score (nSPS) is 10.8. The number of hydrogen-bond donors (Lipinski definition) is 1. The summed E-state index contributed by atoms with van der Waals surface area (Å²) in [6.45, 7) is 3.54. The van der Waals surface area contributed by atoms with Crippen LogP contribution in [0.2, 0.25) is 0 Å². The molecule has 0 fully saturated rings. The zero-order valence-electron chi connectivity index (χ0n) is 12.2. The number of benzene rings is 1. The van der Waals surface area contributed by atoms with Gasteiger partial charge in [-0.15, -0.1) is 0 Å². The molecule has 3 rings (SSSR count). The van der Waals surface area contributed by atoms with Crippen LogP contribution in [0.1, 0.15) is 16.8 Å². The van der Waals surface area contributed by atoms with E-state index in [2.05, 4.69) is 44.8 Å². The smallest absolute Gasteiger partial charge is 0.137 e. The number of anilines is 1. The number of aromatic nitrogens is 5. The molecule has 0 atom stereocenters. The van der Waals surface area contributed by atoms with Gasteiger partial charge in [-0.25, -0.2) is 9.67 Å². The Labute approximate surface area is 123 Å². The van der Waals surface area contributed by atoms with Crippen LogP contribution in [0.25, 0.3) is 0 Å². The molecule has 108 valence electrons. The summed E-state index contributed by atoms with van der Waals surface area (Å²) in [6.07, 6.45) is 5.31. The second-order valence-electron chi connectivity index (χ2n) is 5.06. The van der Waals surface area contributed by atoms with Crippen LogP contribution in [0.4, 0.5) is 5.69 Å². The lowest BCUT2D eigenvalue weighted by atomic mass is 10.2. The van der Waals surface area contributed by atoms with Crippen molar-refractivity contribution >= 4 is 5.69 Å². The maximum absolute atomic E-state index is 4.34. The molecule has 1 N–H and O–H groups in total. The molecule has 0 saturated heterocycles. The van der Waals surface area contributed by atoms with Gasteiger partial charge in [0.1, 0.15) is 12.7 Å². The Morgan fingerprint density at radius 2 is 2.00 bits per heavy atom. The summed E-state index contributed by atoms with van der Waals surface area (Å²) in [5.74, 6) is 0. The Bertz CT molecular complexity index is 696. The predicted octanol–water partition coefficient (Wildman–Crippen LogP) is 1.98. The first kappa shape index (κ1) is 13.4. The monoisotopic (exact) mass is 282 g/mol. The van der Waals surface area contributed by atoms with Gasteiger partial charge in [0, 0.05) is 31.0 Å². The van der Waals surface area contributed by atoms with E-state index in [1.807, 2.05) is 24.9 Å². The minimum atomic E-state index is 0.738. The number of nitrogens with zero attached hydrogens (tertiary/aromatic N) is 5. The van der Waals surface area contributed by atoms with Crippen molar-refractivity contribution in [3.8, 4) is 0 Å². The van der Waals surface area contributed by atoms with Gasteiger partial charge in [0.25, 0.3) is 0 Å². The van der Waals surface area contributed by atoms with E-state index in [1.54, 1.807) is 17.3 Å². The van der Waals surface area contributed by atoms with Gasteiger partial charge in [-0.2, -0.15) is 10.2 Å². The molecule has 0 bridgehead atoms. The summed E-state index contributed by atoms with van der Waals surface area (Å²) in [5, 5.41) is 11.9. The van der Waals surface area contributed by atoms with Crippen molar-refractivity contribution in [2.75, 3.05) is 5.32 Å². The summed E-state index contributed by atoms with van der Waals surface area (Å²) in [7, 11) is 1.94. The minimum absolute atomic E-state index is 0.738. The molecule has 2 heterocycles. The van der Waals surface area contributed by atoms with Gasteiger partial charge < -0.3 is 5.32 Å². The van der Waals surface area contributed by atoms with E-state index in [0.29, 0.717) is 0 Å². The summed E-state index contributed by atoms with van der Waals surface area (Å²) < 4.78 is 3.65. The summed E-state index contributed by atoms with van der Waals surface area (Å²) >= 11 is 0. The molecule has 1 aromatic carbocycles. The van der Waals surface area contributed by atoms with Gasteiger partial charge in [0.2, 0.25) is 0 Å². The summed E-state index contributed by atoms with van der Waals surface area (Å²) in [4.78, 5) is 3.94. The number of rotatable bonds is 5. The Morgan fingerprint density at radius 1 is 1.19 bits per heavy atom. The second kappa shape index (κ2) is 5.78. The lowest BCUT2D eigenvalue weighted by Gasteiger charge is -2.07. The maximum atomic E-state index is 4.34. The van der Waals surface area contributed by atoms with Gasteiger partial charge in [-0.3, -0.25) is 4.68 Å². The van der Waals surface area contributed by atoms with Crippen LogP contribution in [-0.2, 0) is 20.1 Å². The summed E-state index contributed by atoms with van der Waals surface area (Å²) in [6, 6.07) is 8.36. The van der Waals surface area contributed by atoms with E-state index in [4.69, 9.17) is 0 Å². The van der Waals surface area contributed by atoms with Crippen molar-refractivity contribution in [3.05, 3.63) is 59.9 Å². The Morgan fingerprint density at radius 3 is 2.62 bits per heavy atom. The van der Waals surface area contributed by atoms with Crippen LogP contribution < -0.4 is 5.32 Å². The zero-order valence-corrected chi connectivity index (χ0v) is 12.2. The molecule has 0 aliphatic rings. The fourth-order valence-electron chi connectivity index (χ4n) is 2.25. The van der Waals surface area contributed by atoms with E-state index in [0.717, 1.165) is 24.5 Å². The first-order chi connectivity index (χ1) is 10.2. The third kappa shape index (κ3) is 3.28. The first-order valence-corrected chi connectivity index (χ1v) is 6.85.